The predicted molar refractivity (Wildman–Crippen MR) is 175 cm³/mol. The molecule has 1 aromatic heterocycles. The number of nitrogens with zero attached hydrogens (tertiary/aromatic N) is 4. The van der Waals surface area contributed by atoms with Gasteiger partial charge in [-0.2, -0.15) is 4.57 Å². The molecule has 0 spiro atoms. The van der Waals surface area contributed by atoms with Crippen molar-refractivity contribution in [2.24, 2.45) is 0 Å². The maximum absolute atomic E-state index is 6.28. The van der Waals surface area contributed by atoms with Crippen molar-refractivity contribution in [1.29, 1.82) is 0 Å². The van der Waals surface area contributed by atoms with Crippen LogP contribution in [0.15, 0.2) is 78.8 Å². The van der Waals surface area contributed by atoms with Crippen LogP contribution in [0.1, 0.15) is 24.8 Å². The van der Waals surface area contributed by atoms with Crippen molar-refractivity contribution in [2.45, 2.75) is 25.8 Å². The minimum atomic E-state index is 0.894. The highest BCUT2D eigenvalue weighted by atomic mass is 16.5. The average Bonchev–Trinajstić information content (AvgIpc) is 3.33. The third-order valence-corrected chi connectivity index (χ3v) is 8.11. The fourth-order valence-corrected chi connectivity index (χ4v) is 5.86. The molecule has 2 aromatic carbocycles. The lowest BCUT2D eigenvalue weighted by atomic mass is 10.1. The molecule has 1 fully saturated rings. The Kier molecular flexibility index (Phi) is 10.6. The van der Waals surface area contributed by atoms with Gasteiger partial charge in [0.25, 0.3) is 0 Å². The Balaban J connectivity index is 1.26. The molecule has 2 aliphatic rings. The van der Waals surface area contributed by atoms with E-state index >= 15 is 0 Å². The number of aromatic nitrogens is 1. The number of nitrogens with one attached hydrogen (secondary N) is 2. The lowest BCUT2D eigenvalue weighted by molar-refractivity contribution is -0.870. The Hall–Kier alpha value is -3.23. The van der Waals surface area contributed by atoms with Gasteiger partial charge in [0.1, 0.15) is 6.54 Å². The van der Waals surface area contributed by atoms with Gasteiger partial charge in [0, 0.05) is 64.2 Å². The molecule has 7 nitrogen and oxygen atoms in total. The van der Waals surface area contributed by atoms with Gasteiger partial charge in [0.2, 0.25) is 11.4 Å². The highest BCUT2D eigenvalue weighted by Crippen LogP contribution is 2.38. The molecule has 3 aromatic rings. The normalized spacial score (nSPS) is 18.1. The number of benzene rings is 2. The van der Waals surface area contributed by atoms with E-state index in [9.17, 15) is 0 Å². The van der Waals surface area contributed by atoms with Crippen molar-refractivity contribution in [2.75, 3.05) is 84.9 Å². The van der Waals surface area contributed by atoms with Crippen LogP contribution in [0.4, 0.5) is 5.69 Å². The van der Waals surface area contributed by atoms with Gasteiger partial charge in [-0.25, -0.2) is 0 Å². The smallest absolute Gasteiger partial charge is 0.213 e. The Bertz CT molecular complexity index is 1350. The predicted octanol–water partition coefficient (Wildman–Crippen LogP) is 4.25. The van der Waals surface area contributed by atoms with Gasteiger partial charge in [0.15, 0.2) is 11.9 Å². The first-order valence-corrected chi connectivity index (χ1v) is 15.8. The van der Waals surface area contributed by atoms with Gasteiger partial charge in [-0.3, -0.25) is 0 Å². The molecule has 0 atom stereocenters. The number of aryl methyl sites for hydroxylation is 1. The summed E-state index contributed by atoms with van der Waals surface area (Å²) in [6.07, 6.45) is 12.1. The van der Waals surface area contributed by atoms with Crippen LogP contribution in [-0.2, 0) is 6.54 Å². The van der Waals surface area contributed by atoms with Crippen molar-refractivity contribution in [1.82, 2.24) is 15.5 Å². The van der Waals surface area contributed by atoms with Gasteiger partial charge in [-0.05, 0) is 49.3 Å². The van der Waals surface area contributed by atoms with Gasteiger partial charge < -0.3 is 29.7 Å². The largest absolute Gasteiger partial charge is 0.439 e. The monoisotopic (exact) mass is 570 g/mol. The van der Waals surface area contributed by atoms with Crippen LogP contribution in [-0.4, -0.2) is 89.4 Å². The third-order valence-electron chi connectivity index (χ3n) is 8.11. The van der Waals surface area contributed by atoms with Crippen LogP contribution < -0.4 is 24.8 Å². The zero-order valence-corrected chi connectivity index (χ0v) is 25.9. The summed E-state index contributed by atoms with van der Waals surface area (Å²) < 4.78 is 9.66. The number of ether oxygens (including phenoxy) is 1. The first kappa shape index (κ1) is 30.2. The number of hydrogen-bond donors (Lipinski definition) is 2. The minimum Gasteiger partial charge on any atom is -0.439 e. The number of anilines is 1. The second-order valence-electron chi connectivity index (χ2n) is 12.5. The standard InChI is InChI=1S/C35H50N6O/c1-41(2,3)29-11-25-40-33-15-6-7-16-34(33)42-35(40)17-8-12-30-18-26-39(32-14-5-4-13-31(30)32)24-10-23-38-27-21-36-19-9-20-37-22-28-38/h4-8,12-18,26,36-37H,9-11,19-25,27-29H2,1-3H3/q+2. The average molecular weight is 571 g/mol. The first-order valence-electron chi connectivity index (χ1n) is 15.8. The number of rotatable bonds is 10. The second-order valence-corrected chi connectivity index (χ2v) is 12.5. The van der Waals surface area contributed by atoms with E-state index in [4.69, 9.17) is 4.74 Å². The van der Waals surface area contributed by atoms with E-state index in [0.717, 1.165) is 100 Å². The van der Waals surface area contributed by atoms with Crippen molar-refractivity contribution in [3.63, 3.8) is 0 Å². The summed E-state index contributed by atoms with van der Waals surface area (Å²) in [6.45, 7) is 10.8. The Morgan fingerprint density at radius 3 is 2.45 bits per heavy atom. The summed E-state index contributed by atoms with van der Waals surface area (Å²) in [5, 5.41) is 8.42. The minimum absolute atomic E-state index is 0.894. The highest BCUT2D eigenvalue weighted by Gasteiger charge is 2.25. The first-order chi connectivity index (χ1) is 20.5. The van der Waals surface area contributed by atoms with Crippen LogP contribution in [0.25, 0.3) is 17.0 Å². The zero-order chi connectivity index (χ0) is 29.2. The molecule has 42 heavy (non-hydrogen) atoms. The highest BCUT2D eigenvalue weighted by molar-refractivity contribution is 5.85. The summed E-state index contributed by atoms with van der Waals surface area (Å²) in [5.74, 6) is 1.83. The Labute approximate surface area is 252 Å². The molecule has 0 amide bonds. The number of para-hydroxylation sites is 3. The number of hydrogen-bond acceptors (Lipinski definition) is 5. The van der Waals surface area contributed by atoms with Crippen LogP contribution in [0, 0.1) is 0 Å². The lowest BCUT2D eigenvalue weighted by Gasteiger charge is -2.25. The third kappa shape index (κ3) is 8.42. The molecule has 0 saturated carbocycles. The second kappa shape index (κ2) is 14.8. The van der Waals surface area contributed by atoms with E-state index in [2.05, 4.69) is 119 Å². The molecule has 2 N–H and O–H groups in total. The van der Waals surface area contributed by atoms with Crippen molar-refractivity contribution < 1.29 is 13.8 Å². The van der Waals surface area contributed by atoms with Crippen LogP contribution in [0.5, 0.6) is 5.75 Å². The van der Waals surface area contributed by atoms with Crippen LogP contribution >= 0.6 is 0 Å². The van der Waals surface area contributed by atoms with Crippen molar-refractivity contribution >= 4 is 22.7 Å². The molecule has 0 radical (unpaired) electrons. The van der Waals surface area contributed by atoms with Gasteiger partial charge >= 0.3 is 0 Å². The molecule has 1 saturated heterocycles. The Morgan fingerprint density at radius 2 is 1.64 bits per heavy atom. The van der Waals surface area contributed by atoms with Crippen molar-refractivity contribution in [3.8, 4) is 5.75 Å². The molecule has 0 aliphatic carbocycles. The van der Waals surface area contributed by atoms with Crippen molar-refractivity contribution in [3.05, 3.63) is 84.4 Å². The maximum Gasteiger partial charge on any atom is 0.213 e. The summed E-state index contributed by atoms with van der Waals surface area (Å²) in [6, 6.07) is 19.4. The molecule has 2 aliphatic heterocycles. The summed E-state index contributed by atoms with van der Waals surface area (Å²) in [7, 11) is 6.74. The number of allylic oxidation sites excluding steroid dienone is 2. The Morgan fingerprint density at radius 1 is 0.881 bits per heavy atom. The fraction of sp³-hybridized carbons (Fsp3) is 0.457. The fourth-order valence-electron chi connectivity index (χ4n) is 5.86. The van der Waals surface area contributed by atoms with Crippen LogP contribution in [0.2, 0.25) is 0 Å². The van der Waals surface area contributed by atoms with E-state index in [1.807, 2.05) is 6.07 Å². The molecular weight excluding hydrogens is 520 g/mol. The maximum atomic E-state index is 6.28. The van der Waals surface area contributed by atoms with E-state index in [1.165, 1.54) is 22.9 Å². The number of pyridine rings is 1. The van der Waals surface area contributed by atoms with E-state index < -0.39 is 0 Å². The summed E-state index contributed by atoms with van der Waals surface area (Å²) >= 11 is 0. The zero-order valence-electron chi connectivity index (χ0n) is 25.9. The van der Waals surface area contributed by atoms with Gasteiger partial charge in [-0.1, -0.05) is 36.4 Å². The summed E-state index contributed by atoms with van der Waals surface area (Å²) in [5.41, 5.74) is 3.65. The summed E-state index contributed by atoms with van der Waals surface area (Å²) in [4.78, 5) is 4.90. The van der Waals surface area contributed by atoms with Crippen LogP contribution in [0.3, 0.4) is 0 Å². The molecule has 224 valence electrons. The van der Waals surface area contributed by atoms with E-state index in [1.54, 1.807) is 0 Å². The molecule has 7 heteroatoms. The topological polar surface area (TPSA) is 43.7 Å². The molecule has 5 rings (SSSR count). The van der Waals surface area contributed by atoms with E-state index in [0.29, 0.717) is 0 Å². The van der Waals surface area contributed by atoms with Gasteiger partial charge in [-0.15, -0.1) is 0 Å². The molecule has 0 unspecified atom stereocenters. The molecular formula is C35H50N6O+2. The quantitative estimate of drug-likeness (QED) is 0.282. The molecule has 3 heterocycles. The number of fused-ring (bicyclic) bond motifs is 2. The molecule has 0 bridgehead atoms. The van der Waals surface area contributed by atoms with Gasteiger partial charge in [0.05, 0.1) is 38.8 Å². The lowest BCUT2D eigenvalue weighted by Crippen LogP contribution is -2.42. The number of quaternary nitrogens is 1. The SMILES string of the molecule is C[N+](C)(C)CCCN1C(=CC=Cc2cc[n+](CCCN3CCNCCCNCC3)c3ccccc23)Oc2ccccc21. The van der Waals surface area contributed by atoms with E-state index in [-0.39, 0.29) is 0 Å².